The molecule has 0 aliphatic heterocycles. The molecule has 0 unspecified atom stereocenters. The number of aryl methyl sites for hydroxylation is 1. The van der Waals surface area contributed by atoms with Gasteiger partial charge in [0.1, 0.15) is 5.69 Å². The highest BCUT2D eigenvalue weighted by Gasteiger charge is 2.16. The molecule has 0 bridgehead atoms. The van der Waals surface area contributed by atoms with E-state index in [1.165, 1.54) is 23.2 Å². The zero-order valence-corrected chi connectivity index (χ0v) is 16.4. The van der Waals surface area contributed by atoms with Gasteiger partial charge in [0, 0.05) is 25.5 Å². The van der Waals surface area contributed by atoms with E-state index in [9.17, 15) is 9.59 Å². The van der Waals surface area contributed by atoms with Crippen LogP contribution in [0.25, 0.3) is 11.2 Å². The van der Waals surface area contributed by atoms with Crippen molar-refractivity contribution in [2.24, 2.45) is 4.99 Å². The summed E-state index contributed by atoms with van der Waals surface area (Å²) in [5.74, 6) is -0.110. The lowest BCUT2D eigenvalue weighted by molar-refractivity contribution is 0.506. The molecule has 0 spiro atoms. The summed E-state index contributed by atoms with van der Waals surface area (Å²) in [5, 5.41) is 15.8. The third kappa shape index (κ3) is 4.40. The van der Waals surface area contributed by atoms with E-state index in [4.69, 9.17) is 22.1 Å². The second kappa shape index (κ2) is 8.78. The molecular weight excluding hydrogens is 400 g/mol. The lowest BCUT2D eigenvalue weighted by atomic mass is 10.2. The summed E-state index contributed by atoms with van der Waals surface area (Å²) in [4.78, 5) is 43.6. The van der Waals surface area contributed by atoms with E-state index >= 15 is 0 Å². The molecule has 0 aromatic carbocycles. The van der Waals surface area contributed by atoms with Crippen molar-refractivity contribution in [2.75, 3.05) is 0 Å². The first kappa shape index (κ1) is 20.4. The van der Waals surface area contributed by atoms with Gasteiger partial charge in [0.15, 0.2) is 17.0 Å². The number of hydrogen-bond acceptors (Lipinski definition) is 6. The molecule has 3 heterocycles. The fourth-order valence-corrected chi connectivity index (χ4v) is 3.03. The van der Waals surface area contributed by atoms with Crippen molar-refractivity contribution >= 4 is 34.5 Å². The second-order valence-electron chi connectivity index (χ2n) is 6.16. The highest BCUT2D eigenvalue weighted by molar-refractivity contribution is 6.29. The maximum absolute atomic E-state index is 12.6. The normalized spacial score (nSPS) is 11.9. The van der Waals surface area contributed by atoms with E-state index < -0.39 is 11.2 Å². The number of aliphatic imine (C=N–C) groups is 1. The minimum Gasteiger partial charge on any atom is -0.582 e. The molecule has 152 valence electrons. The highest BCUT2D eigenvalue weighted by atomic mass is 35.5. The number of halogens is 1. The second-order valence-corrected chi connectivity index (χ2v) is 6.52. The molecule has 0 saturated carbocycles. The molecule has 3 rings (SSSR count). The molecule has 29 heavy (non-hydrogen) atoms. The van der Waals surface area contributed by atoms with Crippen LogP contribution >= 0.6 is 11.6 Å². The average Bonchev–Trinajstić information content (AvgIpc) is 3.10. The van der Waals surface area contributed by atoms with E-state index in [0.717, 1.165) is 4.57 Å². The lowest BCUT2D eigenvalue weighted by Crippen LogP contribution is -2.40. The summed E-state index contributed by atoms with van der Waals surface area (Å²) in [5.41, 5.74) is -0.199. The molecule has 4 N–H and O–H groups in total. The minimum atomic E-state index is -0.474. The van der Waals surface area contributed by atoms with Crippen LogP contribution in [0, 0.1) is 5.41 Å². The van der Waals surface area contributed by atoms with Gasteiger partial charge in [0.25, 0.3) is 5.56 Å². The smallest absolute Gasteiger partial charge is 0.332 e. The molecule has 0 radical (unpaired) electrons. The fourth-order valence-electron chi connectivity index (χ4n) is 2.85. The molecule has 3 aromatic heterocycles. The summed E-state index contributed by atoms with van der Waals surface area (Å²) in [7, 11) is 0. The van der Waals surface area contributed by atoms with Gasteiger partial charge in [-0.2, -0.15) is 4.98 Å². The quantitative estimate of drug-likeness (QED) is 0.189. The Kier molecular flexibility index (Phi) is 6.17. The number of imidazole rings is 1. The van der Waals surface area contributed by atoms with Crippen molar-refractivity contribution in [1.29, 1.82) is 5.41 Å². The fraction of sp³-hybridized carbons (Fsp3) is 0.353. The number of unbranched alkanes of at least 4 members (excludes halogenated alkanes) is 1. The van der Waals surface area contributed by atoms with E-state index in [1.54, 1.807) is 6.92 Å². The van der Waals surface area contributed by atoms with Crippen molar-refractivity contribution in [3.63, 3.8) is 0 Å². The minimum absolute atomic E-state index is 0.0229. The number of nitrogens with one attached hydrogen (secondary N) is 2. The Bertz CT molecular complexity index is 1180. The first-order valence-corrected chi connectivity index (χ1v) is 9.33. The Balaban J connectivity index is 1.67. The van der Waals surface area contributed by atoms with Crippen molar-refractivity contribution in [3.8, 4) is 0 Å². The van der Waals surface area contributed by atoms with Crippen LogP contribution in [-0.4, -0.2) is 45.9 Å². The van der Waals surface area contributed by atoms with Crippen molar-refractivity contribution in [2.45, 2.75) is 39.3 Å². The van der Waals surface area contributed by atoms with Gasteiger partial charge < -0.3 is 10.1 Å². The van der Waals surface area contributed by atoms with Crippen LogP contribution in [0.1, 0.15) is 31.9 Å². The van der Waals surface area contributed by atoms with E-state index in [1.807, 2.05) is 0 Å². The third-order valence-electron chi connectivity index (χ3n) is 4.25. The first-order chi connectivity index (χ1) is 13.9. The molecule has 0 aliphatic rings. The van der Waals surface area contributed by atoms with Crippen LogP contribution < -0.4 is 11.2 Å². The summed E-state index contributed by atoms with van der Waals surface area (Å²) < 4.78 is 2.53. The summed E-state index contributed by atoms with van der Waals surface area (Å²) >= 11 is 5.85. The number of fused-ring (bicyclic) bond motifs is 1. The molecule has 12 heteroatoms. The Labute approximate surface area is 169 Å². The first-order valence-electron chi connectivity index (χ1n) is 8.95. The third-order valence-corrected chi connectivity index (χ3v) is 4.43. The van der Waals surface area contributed by atoms with Crippen LogP contribution in [0.2, 0.25) is 5.28 Å². The van der Waals surface area contributed by atoms with Crippen molar-refractivity contribution in [1.82, 2.24) is 29.1 Å². The number of hydrogen-bond donors (Lipinski definition) is 2. The van der Waals surface area contributed by atoms with Gasteiger partial charge in [-0.1, -0.05) is 0 Å². The topological polar surface area (TPSA) is 158 Å². The molecule has 3 aromatic rings. The van der Waals surface area contributed by atoms with Crippen LogP contribution in [-0.2, 0) is 13.1 Å². The Morgan fingerprint density at radius 1 is 1.31 bits per heavy atom. The van der Waals surface area contributed by atoms with Gasteiger partial charge in [0.2, 0.25) is 5.28 Å². The predicted molar refractivity (Wildman–Crippen MR) is 109 cm³/mol. The molecular formula is C17H20ClN8O3+. The summed E-state index contributed by atoms with van der Waals surface area (Å²) in [6.07, 6.45) is 5.66. The zero-order valence-electron chi connectivity index (χ0n) is 15.6. The van der Waals surface area contributed by atoms with E-state index in [0.29, 0.717) is 25.8 Å². The molecule has 0 fully saturated rings. The van der Waals surface area contributed by atoms with Gasteiger partial charge >= 0.3 is 11.6 Å². The van der Waals surface area contributed by atoms with Crippen molar-refractivity contribution < 1.29 is 5.11 Å². The Hall–Kier alpha value is -3.34. The Morgan fingerprint density at radius 3 is 2.79 bits per heavy atom. The van der Waals surface area contributed by atoms with Gasteiger partial charge in [-0.25, -0.2) is 9.78 Å². The SMILES string of the molecule is CCn1c(=O)n(CCCCC([OH2+])=NC(=N)c2cnccn2)c(=O)c2[nH]c(Cl)nc21. The predicted octanol–water partition coefficient (Wildman–Crippen LogP) is 0.669. The average molecular weight is 420 g/mol. The van der Waals surface area contributed by atoms with Crippen LogP contribution in [0.5, 0.6) is 0 Å². The van der Waals surface area contributed by atoms with E-state index in [-0.39, 0.29) is 40.4 Å². The van der Waals surface area contributed by atoms with Gasteiger partial charge in [0.05, 0.1) is 12.6 Å². The number of aromatic amines is 1. The van der Waals surface area contributed by atoms with Gasteiger partial charge in [-0.3, -0.25) is 24.3 Å². The monoisotopic (exact) mass is 419 g/mol. The van der Waals surface area contributed by atoms with Gasteiger partial charge in [-0.15, -0.1) is 4.99 Å². The van der Waals surface area contributed by atoms with Crippen LogP contribution in [0.15, 0.2) is 33.2 Å². The largest absolute Gasteiger partial charge is 0.582 e. The zero-order chi connectivity index (χ0) is 21.0. The molecule has 0 saturated heterocycles. The van der Waals surface area contributed by atoms with Crippen LogP contribution in [0.4, 0.5) is 0 Å². The summed E-state index contributed by atoms with van der Waals surface area (Å²) in [6.45, 7) is 2.33. The highest BCUT2D eigenvalue weighted by Crippen LogP contribution is 2.09. The number of nitrogens with zero attached hydrogens (tertiary/aromatic N) is 6. The number of aromatic nitrogens is 6. The van der Waals surface area contributed by atoms with Gasteiger partial charge in [-0.05, 0) is 31.4 Å². The lowest BCUT2D eigenvalue weighted by Gasteiger charge is -2.09. The molecule has 11 nitrogen and oxygen atoms in total. The number of amidine groups is 1. The maximum atomic E-state index is 12.6. The van der Waals surface area contributed by atoms with Crippen LogP contribution in [0.3, 0.4) is 0 Å². The summed E-state index contributed by atoms with van der Waals surface area (Å²) in [6, 6.07) is 0. The number of H-pyrrole nitrogens is 1. The molecule has 0 amide bonds. The number of rotatable bonds is 7. The maximum Gasteiger partial charge on any atom is 0.332 e. The Morgan fingerprint density at radius 2 is 2.10 bits per heavy atom. The van der Waals surface area contributed by atoms with E-state index in [2.05, 4.69) is 24.9 Å². The molecule has 0 atom stereocenters. The van der Waals surface area contributed by atoms with Crippen molar-refractivity contribution in [3.05, 3.63) is 50.4 Å². The standard InChI is InChI=1S/C17H19ClN8O3/c1-2-25-14-12(23-16(18)24-14)15(28)26(17(25)29)8-4-3-5-11(27)22-13(19)10-9-20-6-7-21-10/h6-7,9H,2-5,8H2,1H3,(H,23,24)(H2,19,22,27)/p+1. The molecule has 0 aliphatic carbocycles.